The largest absolute Gasteiger partial charge is 0.340 e. The van der Waals surface area contributed by atoms with E-state index < -0.39 is 11.1 Å². The summed E-state index contributed by atoms with van der Waals surface area (Å²) < 4.78 is 0. The van der Waals surface area contributed by atoms with Gasteiger partial charge in [-0.25, -0.2) is 0 Å². The average molecular weight is 312 g/mol. The molecule has 0 aromatic rings. The summed E-state index contributed by atoms with van der Waals surface area (Å²) in [6.45, 7) is 6.75. The zero-order valence-electron chi connectivity index (χ0n) is 13.5. The molecule has 1 atom stereocenters. The van der Waals surface area contributed by atoms with Gasteiger partial charge in [0.15, 0.2) is 0 Å². The molecule has 1 saturated carbocycles. The van der Waals surface area contributed by atoms with E-state index in [1.54, 1.807) is 0 Å². The molecule has 0 bridgehead atoms. The lowest BCUT2D eigenvalue weighted by Gasteiger charge is -2.50. The van der Waals surface area contributed by atoms with E-state index in [0.717, 1.165) is 43.6 Å². The van der Waals surface area contributed by atoms with Crippen LogP contribution in [0.4, 0.5) is 0 Å². The molecule has 2 aliphatic rings. The van der Waals surface area contributed by atoms with Crippen molar-refractivity contribution in [2.75, 3.05) is 18.1 Å². The van der Waals surface area contributed by atoms with Crippen LogP contribution in [0.15, 0.2) is 0 Å². The number of nitrogens with one attached hydrogen (secondary N) is 1. The number of carbonyl (C=O) groups is 2. The number of hydrogen-bond donors (Lipinski definition) is 1. The molecule has 0 radical (unpaired) electrons. The first kappa shape index (κ1) is 16.7. The minimum atomic E-state index is -0.679. The summed E-state index contributed by atoms with van der Waals surface area (Å²) in [7, 11) is 0. The molecule has 120 valence electrons. The van der Waals surface area contributed by atoms with E-state index in [2.05, 4.69) is 12.2 Å². The molecule has 1 saturated heterocycles. The molecular formula is C16H28N2O2S. The number of nitrogens with zero attached hydrogens (tertiary/aromatic N) is 1. The fraction of sp³-hybridized carbons (Fsp3) is 0.875. The molecule has 2 fully saturated rings. The van der Waals surface area contributed by atoms with Gasteiger partial charge in [0.25, 0.3) is 0 Å². The Bertz CT molecular complexity index is 407. The van der Waals surface area contributed by atoms with Crippen molar-refractivity contribution in [3.05, 3.63) is 0 Å². The molecule has 0 aromatic heterocycles. The molecule has 4 nitrogen and oxygen atoms in total. The predicted octanol–water partition coefficient (Wildman–Crippen LogP) is 2.57. The molecule has 5 heteroatoms. The van der Waals surface area contributed by atoms with Crippen LogP contribution in [0.5, 0.6) is 0 Å². The van der Waals surface area contributed by atoms with Crippen molar-refractivity contribution in [3.63, 3.8) is 0 Å². The van der Waals surface area contributed by atoms with Gasteiger partial charge in [0.2, 0.25) is 11.8 Å². The highest BCUT2D eigenvalue weighted by atomic mass is 32.2. The summed E-state index contributed by atoms with van der Waals surface area (Å²) in [6.07, 6.45) is 5.31. The van der Waals surface area contributed by atoms with E-state index in [9.17, 15) is 9.59 Å². The number of hydrogen-bond acceptors (Lipinski definition) is 3. The normalized spacial score (nSPS) is 28.2. The van der Waals surface area contributed by atoms with Gasteiger partial charge >= 0.3 is 0 Å². The molecule has 1 aliphatic heterocycles. The van der Waals surface area contributed by atoms with Crippen LogP contribution in [0, 0.1) is 0 Å². The second kappa shape index (κ2) is 6.59. The highest BCUT2D eigenvalue weighted by Crippen LogP contribution is 2.38. The molecule has 1 N–H and O–H groups in total. The third-order valence-corrected chi connectivity index (χ3v) is 6.10. The second-order valence-electron chi connectivity index (χ2n) is 6.38. The first-order valence-corrected chi connectivity index (χ1v) is 9.38. The maximum absolute atomic E-state index is 13.0. The molecule has 0 aromatic carbocycles. The SMILES string of the molecule is CCSCCCN1C(=O)C2(CCCC2)NC(=O)C1(C)CC. The lowest BCUT2D eigenvalue weighted by Crippen LogP contribution is -2.74. The molecule has 1 heterocycles. The Morgan fingerprint density at radius 3 is 2.48 bits per heavy atom. The molecule has 1 unspecified atom stereocenters. The Hall–Kier alpha value is -0.710. The van der Waals surface area contributed by atoms with E-state index in [1.807, 2.05) is 30.5 Å². The van der Waals surface area contributed by atoms with Gasteiger partial charge in [0, 0.05) is 6.54 Å². The fourth-order valence-electron chi connectivity index (χ4n) is 3.50. The van der Waals surface area contributed by atoms with E-state index in [-0.39, 0.29) is 11.8 Å². The molecule has 21 heavy (non-hydrogen) atoms. The summed E-state index contributed by atoms with van der Waals surface area (Å²) in [5, 5.41) is 3.08. The Morgan fingerprint density at radius 2 is 1.90 bits per heavy atom. The number of piperazine rings is 1. The predicted molar refractivity (Wildman–Crippen MR) is 87.4 cm³/mol. The highest BCUT2D eigenvalue weighted by molar-refractivity contribution is 7.99. The summed E-state index contributed by atoms with van der Waals surface area (Å²) in [5.74, 6) is 2.35. The van der Waals surface area contributed by atoms with Crippen molar-refractivity contribution in [1.82, 2.24) is 10.2 Å². The summed E-state index contributed by atoms with van der Waals surface area (Å²) in [5.41, 5.74) is -1.27. The molecule has 2 rings (SSSR count). The smallest absolute Gasteiger partial charge is 0.249 e. The van der Waals surface area contributed by atoms with Gasteiger partial charge in [-0.15, -0.1) is 0 Å². The summed E-state index contributed by atoms with van der Waals surface area (Å²) >= 11 is 1.89. The zero-order chi connectivity index (χ0) is 15.5. The first-order valence-electron chi connectivity index (χ1n) is 8.22. The topological polar surface area (TPSA) is 49.4 Å². The summed E-state index contributed by atoms with van der Waals surface area (Å²) in [4.78, 5) is 27.6. The number of carbonyl (C=O) groups excluding carboxylic acids is 2. The van der Waals surface area contributed by atoms with Crippen molar-refractivity contribution < 1.29 is 9.59 Å². The van der Waals surface area contributed by atoms with Gasteiger partial charge < -0.3 is 10.2 Å². The molecular weight excluding hydrogens is 284 g/mol. The van der Waals surface area contributed by atoms with Crippen LogP contribution in [-0.4, -0.2) is 45.8 Å². The third-order valence-electron chi connectivity index (χ3n) is 5.11. The van der Waals surface area contributed by atoms with Gasteiger partial charge in [0.05, 0.1) is 0 Å². The maximum atomic E-state index is 13.0. The van der Waals surface area contributed by atoms with Gasteiger partial charge in [-0.3, -0.25) is 9.59 Å². The first-order chi connectivity index (χ1) is 10.00. The van der Waals surface area contributed by atoms with Crippen LogP contribution in [0.1, 0.15) is 59.3 Å². The number of thioether (sulfide) groups is 1. The Kier molecular flexibility index (Phi) is 5.23. The zero-order valence-corrected chi connectivity index (χ0v) is 14.4. The van der Waals surface area contributed by atoms with Crippen LogP contribution >= 0.6 is 11.8 Å². The van der Waals surface area contributed by atoms with Crippen LogP contribution in [0.3, 0.4) is 0 Å². The van der Waals surface area contributed by atoms with E-state index >= 15 is 0 Å². The lowest BCUT2D eigenvalue weighted by atomic mass is 9.83. The van der Waals surface area contributed by atoms with Crippen LogP contribution in [-0.2, 0) is 9.59 Å². The van der Waals surface area contributed by atoms with Crippen molar-refractivity contribution in [3.8, 4) is 0 Å². The minimum Gasteiger partial charge on any atom is -0.340 e. The quantitative estimate of drug-likeness (QED) is 0.767. The minimum absolute atomic E-state index is 0.0367. The fourth-order valence-corrected chi connectivity index (χ4v) is 4.12. The second-order valence-corrected chi connectivity index (χ2v) is 7.77. The third kappa shape index (κ3) is 2.94. The van der Waals surface area contributed by atoms with Crippen molar-refractivity contribution in [2.24, 2.45) is 0 Å². The number of rotatable bonds is 6. The average Bonchev–Trinajstić information content (AvgIpc) is 2.94. The Balaban J connectivity index is 2.17. The van der Waals surface area contributed by atoms with Crippen molar-refractivity contribution >= 4 is 23.6 Å². The maximum Gasteiger partial charge on any atom is 0.249 e. The van der Waals surface area contributed by atoms with Gasteiger partial charge in [-0.1, -0.05) is 26.7 Å². The van der Waals surface area contributed by atoms with Gasteiger partial charge in [-0.05, 0) is 44.1 Å². The Labute approximate surface area is 132 Å². The number of amides is 2. The van der Waals surface area contributed by atoms with E-state index in [4.69, 9.17) is 0 Å². The van der Waals surface area contributed by atoms with Crippen molar-refractivity contribution in [1.29, 1.82) is 0 Å². The molecule has 1 spiro atoms. The van der Waals surface area contributed by atoms with Crippen molar-refractivity contribution in [2.45, 2.75) is 70.4 Å². The van der Waals surface area contributed by atoms with Crippen LogP contribution < -0.4 is 5.32 Å². The van der Waals surface area contributed by atoms with Crippen LogP contribution in [0.2, 0.25) is 0 Å². The molecule has 2 amide bonds. The van der Waals surface area contributed by atoms with E-state index in [1.165, 1.54) is 0 Å². The lowest BCUT2D eigenvalue weighted by molar-refractivity contribution is -0.162. The highest BCUT2D eigenvalue weighted by Gasteiger charge is 2.56. The van der Waals surface area contributed by atoms with Crippen LogP contribution in [0.25, 0.3) is 0 Å². The van der Waals surface area contributed by atoms with E-state index in [0.29, 0.717) is 13.0 Å². The standard InChI is InChI=1S/C16H28N2O2S/c1-4-15(3)13(19)17-16(9-6-7-10-16)14(20)18(15)11-8-12-21-5-2/h4-12H2,1-3H3,(H,17,19). The van der Waals surface area contributed by atoms with Gasteiger partial charge in [-0.2, -0.15) is 11.8 Å². The van der Waals surface area contributed by atoms with Gasteiger partial charge in [0.1, 0.15) is 11.1 Å². The molecule has 1 aliphatic carbocycles. The summed E-state index contributed by atoms with van der Waals surface area (Å²) in [6, 6.07) is 0. The Morgan fingerprint density at radius 1 is 1.24 bits per heavy atom. The monoisotopic (exact) mass is 312 g/mol.